The Morgan fingerprint density at radius 2 is 2.10 bits per heavy atom. The molecule has 1 aromatic carbocycles. The SMILES string of the molecule is CC1CCCN(S(=O)(=O)c2ccc(F)cc2F)C1CN. The molecule has 2 rings (SSSR count). The second-order valence-electron chi connectivity index (χ2n) is 5.11. The molecule has 2 N–H and O–H groups in total. The average Bonchev–Trinajstić information content (AvgIpc) is 2.37. The summed E-state index contributed by atoms with van der Waals surface area (Å²) in [6.45, 7) is 2.43. The van der Waals surface area contributed by atoms with Crippen molar-refractivity contribution in [3.05, 3.63) is 29.8 Å². The van der Waals surface area contributed by atoms with Crippen molar-refractivity contribution in [1.29, 1.82) is 0 Å². The van der Waals surface area contributed by atoms with Gasteiger partial charge in [-0.25, -0.2) is 17.2 Å². The minimum Gasteiger partial charge on any atom is -0.329 e. The highest BCUT2D eigenvalue weighted by Crippen LogP contribution is 2.29. The summed E-state index contributed by atoms with van der Waals surface area (Å²) in [4.78, 5) is -0.494. The molecule has 0 saturated carbocycles. The summed E-state index contributed by atoms with van der Waals surface area (Å²) in [5.74, 6) is -1.75. The molecule has 1 aliphatic heterocycles. The molecule has 0 aliphatic carbocycles. The van der Waals surface area contributed by atoms with Crippen molar-refractivity contribution < 1.29 is 17.2 Å². The van der Waals surface area contributed by atoms with Gasteiger partial charge in [0.1, 0.15) is 16.5 Å². The molecule has 2 unspecified atom stereocenters. The lowest BCUT2D eigenvalue weighted by atomic mass is 9.93. The third-order valence-electron chi connectivity index (χ3n) is 3.79. The second-order valence-corrected chi connectivity index (χ2v) is 6.97. The standard InChI is InChI=1S/C13H18F2N2O2S/c1-9-3-2-6-17(12(9)8-16)20(18,19)13-5-4-10(14)7-11(13)15/h4-5,7,9,12H,2-3,6,8,16H2,1H3. The van der Waals surface area contributed by atoms with Gasteiger partial charge in [-0.3, -0.25) is 0 Å². The maximum atomic E-state index is 13.8. The highest BCUT2D eigenvalue weighted by molar-refractivity contribution is 7.89. The molecule has 20 heavy (non-hydrogen) atoms. The first-order valence-electron chi connectivity index (χ1n) is 6.55. The van der Waals surface area contributed by atoms with Gasteiger partial charge >= 0.3 is 0 Å². The highest BCUT2D eigenvalue weighted by Gasteiger charge is 2.37. The van der Waals surface area contributed by atoms with Crippen molar-refractivity contribution in [2.24, 2.45) is 11.7 Å². The van der Waals surface area contributed by atoms with E-state index in [4.69, 9.17) is 5.73 Å². The van der Waals surface area contributed by atoms with Gasteiger partial charge < -0.3 is 5.73 Å². The van der Waals surface area contributed by atoms with E-state index in [9.17, 15) is 17.2 Å². The number of hydrogen-bond donors (Lipinski definition) is 1. The van der Waals surface area contributed by atoms with Gasteiger partial charge in [-0.2, -0.15) is 4.31 Å². The quantitative estimate of drug-likeness (QED) is 0.924. The fourth-order valence-corrected chi connectivity index (χ4v) is 4.49. The zero-order valence-corrected chi connectivity index (χ0v) is 12.0. The van der Waals surface area contributed by atoms with E-state index in [-0.39, 0.29) is 18.5 Å². The van der Waals surface area contributed by atoms with Gasteiger partial charge in [-0.05, 0) is 30.9 Å². The summed E-state index contributed by atoms with van der Waals surface area (Å²) < 4.78 is 53.0. The van der Waals surface area contributed by atoms with E-state index in [0.29, 0.717) is 19.0 Å². The number of rotatable bonds is 3. The number of nitrogens with two attached hydrogens (primary N) is 1. The predicted octanol–water partition coefficient (Wildman–Crippen LogP) is 1.71. The van der Waals surface area contributed by atoms with Gasteiger partial charge in [-0.15, -0.1) is 0 Å². The summed E-state index contributed by atoms with van der Waals surface area (Å²) in [6.07, 6.45) is 1.60. The number of halogens is 2. The van der Waals surface area contributed by atoms with Crippen LogP contribution >= 0.6 is 0 Å². The highest BCUT2D eigenvalue weighted by atomic mass is 32.2. The predicted molar refractivity (Wildman–Crippen MR) is 71.5 cm³/mol. The van der Waals surface area contributed by atoms with E-state index in [1.807, 2.05) is 6.92 Å². The molecule has 1 fully saturated rings. The Morgan fingerprint density at radius 3 is 2.70 bits per heavy atom. The van der Waals surface area contributed by atoms with Gasteiger partial charge in [0.25, 0.3) is 0 Å². The molecule has 2 atom stereocenters. The van der Waals surface area contributed by atoms with Gasteiger partial charge in [0, 0.05) is 25.2 Å². The summed E-state index contributed by atoms with van der Waals surface area (Å²) in [7, 11) is -3.99. The van der Waals surface area contributed by atoms with Crippen molar-refractivity contribution >= 4 is 10.0 Å². The van der Waals surface area contributed by atoms with E-state index < -0.39 is 26.6 Å². The van der Waals surface area contributed by atoms with Crippen LogP contribution in [0.25, 0.3) is 0 Å². The van der Waals surface area contributed by atoms with Crippen molar-refractivity contribution in [3.63, 3.8) is 0 Å². The van der Waals surface area contributed by atoms with Gasteiger partial charge in [0.05, 0.1) is 0 Å². The summed E-state index contributed by atoms with van der Waals surface area (Å²) in [5, 5.41) is 0. The fourth-order valence-electron chi connectivity index (χ4n) is 2.67. The first-order chi connectivity index (χ1) is 9.37. The Kier molecular flexibility index (Phi) is 4.41. The molecule has 1 saturated heterocycles. The van der Waals surface area contributed by atoms with Crippen LogP contribution in [0.5, 0.6) is 0 Å². The van der Waals surface area contributed by atoms with Crippen LogP contribution in [0.1, 0.15) is 19.8 Å². The molecule has 4 nitrogen and oxygen atoms in total. The molecular formula is C13H18F2N2O2S. The molecule has 7 heteroatoms. The maximum Gasteiger partial charge on any atom is 0.246 e. The van der Waals surface area contributed by atoms with Crippen molar-refractivity contribution in [1.82, 2.24) is 4.31 Å². The van der Waals surface area contributed by atoms with Crippen molar-refractivity contribution in [2.45, 2.75) is 30.7 Å². The van der Waals surface area contributed by atoms with Gasteiger partial charge in [0.15, 0.2) is 0 Å². The lowest BCUT2D eigenvalue weighted by Crippen LogP contribution is -2.51. The topological polar surface area (TPSA) is 63.4 Å². The summed E-state index contributed by atoms with van der Waals surface area (Å²) in [6, 6.07) is 2.14. The maximum absolute atomic E-state index is 13.8. The lowest BCUT2D eigenvalue weighted by Gasteiger charge is -2.38. The lowest BCUT2D eigenvalue weighted by molar-refractivity contribution is 0.192. The Hall–Kier alpha value is -1.05. The molecule has 1 heterocycles. The number of piperidine rings is 1. The first kappa shape index (κ1) is 15.3. The van der Waals surface area contributed by atoms with Gasteiger partial charge in [-0.1, -0.05) is 6.92 Å². The molecule has 1 aliphatic rings. The summed E-state index contributed by atoms with van der Waals surface area (Å²) >= 11 is 0. The van der Waals surface area contributed by atoms with Crippen LogP contribution in [-0.4, -0.2) is 31.9 Å². The van der Waals surface area contributed by atoms with Crippen LogP contribution in [0.15, 0.2) is 23.1 Å². The molecule has 1 aromatic rings. The van der Waals surface area contributed by atoms with Crippen LogP contribution in [0.4, 0.5) is 8.78 Å². The fraction of sp³-hybridized carbons (Fsp3) is 0.538. The Balaban J connectivity index is 2.43. The summed E-state index contributed by atoms with van der Waals surface area (Å²) in [5.41, 5.74) is 5.66. The van der Waals surface area contributed by atoms with E-state index in [2.05, 4.69) is 0 Å². The van der Waals surface area contributed by atoms with E-state index in [1.54, 1.807) is 0 Å². The molecule has 0 spiro atoms. The molecule has 0 amide bonds. The molecule has 0 aromatic heterocycles. The van der Waals surface area contributed by atoms with Crippen LogP contribution in [0, 0.1) is 17.6 Å². The second kappa shape index (κ2) is 5.75. The number of sulfonamides is 1. The Bertz CT molecular complexity index is 592. The van der Waals surface area contributed by atoms with Crippen LogP contribution in [0.2, 0.25) is 0 Å². The van der Waals surface area contributed by atoms with Crippen molar-refractivity contribution in [2.75, 3.05) is 13.1 Å². The monoisotopic (exact) mass is 304 g/mol. The molecule has 0 bridgehead atoms. The molecular weight excluding hydrogens is 286 g/mol. The third kappa shape index (κ3) is 2.70. The zero-order chi connectivity index (χ0) is 14.9. The van der Waals surface area contributed by atoms with Crippen LogP contribution < -0.4 is 5.73 Å². The van der Waals surface area contributed by atoms with Crippen LogP contribution in [-0.2, 0) is 10.0 Å². The van der Waals surface area contributed by atoms with Crippen molar-refractivity contribution in [3.8, 4) is 0 Å². The smallest absolute Gasteiger partial charge is 0.246 e. The number of nitrogens with zero attached hydrogens (tertiary/aromatic N) is 1. The van der Waals surface area contributed by atoms with E-state index in [0.717, 1.165) is 18.6 Å². The third-order valence-corrected chi connectivity index (χ3v) is 5.74. The van der Waals surface area contributed by atoms with Gasteiger partial charge in [0.2, 0.25) is 10.0 Å². The first-order valence-corrected chi connectivity index (χ1v) is 7.99. The van der Waals surface area contributed by atoms with Crippen LogP contribution in [0.3, 0.4) is 0 Å². The Labute approximate surface area is 117 Å². The number of benzene rings is 1. The Morgan fingerprint density at radius 1 is 1.40 bits per heavy atom. The minimum atomic E-state index is -3.99. The molecule has 0 radical (unpaired) electrons. The number of hydrogen-bond acceptors (Lipinski definition) is 3. The molecule has 112 valence electrons. The minimum absolute atomic E-state index is 0.118. The van der Waals surface area contributed by atoms with E-state index in [1.165, 1.54) is 4.31 Å². The normalized spacial score (nSPS) is 24.8. The zero-order valence-electron chi connectivity index (χ0n) is 11.2. The van der Waals surface area contributed by atoms with E-state index >= 15 is 0 Å². The largest absolute Gasteiger partial charge is 0.329 e. The average molecular weight is 304 g/mol.